The molecule has 1 heterocycles. The third-order valence-electron chi connectivity index (χ3n) is 5.13. The van der Waals surface area contributed by atoms with Crippen molar-refractivity contribution in [2.45, 2.75) is 69.7 Å². The number of nitrogens with one attached hydrogen (secondary N) is 1. The minimum absolute atomic E-state index is 0.197. The van der Waals surface area contributed by atoms with Crippen LogP contribution >= 0.6 is 0 Å². The third kappa shape index (κ3) is 2.29. The summed E-state index contributed by atoms with van der Waals surface area (Å²) in [5, 5.41) is 3.65. The molecule has 0 aromatic rings. The molecule has 0 aromatic heterocycles. The molecule has 4 nitrogen and oxygen atoms in total. The van der Waals surface area contributed by atoms with Crippen LogP contribution in [0.4, 0.5) is 0 Å². The Kier molecular flexibility index (Phi) is 3.13. The van der Waals surface area contributed by atoms with Crippen LogP contribution in [0, 0.1) is 5.92 Å². The number of amides is 1. The van der Waals surface area contributed by atoms with Crippen molar-refractivity contribution in [1.82, 2.24) is 10.2 Å². The van der Waals surface area contributed by atoms with E-state index in [9.17, 15) is 4.79 Å². The summed E-state index contributed by atoms with van der Waals surface area (Å²) in [6.07, 6.45) is 7.40. The Hall–Kier alpha value is -0.610. The molecule has 2 aliphatic carbocycles. The van der Waals surface area contributed by atoms with Gasteiger partial charge >= 0.3 is 0 Å². The van der Waals surface area contributed by atoms with Gasteiger partial charge in [-0.05, 0) is 45.4 Å². The van der Waals surface area contributed by atoms with Crippen molar-refractivity contribution in [3.8, 4) is 0 Å². The van der Waals surface area contributed by atoms with E-state index in [4.69, 9.17) is 4.74 Å². The molecule has 1 unspecified atom stereocenters. The summed E-state index contributed by atoms with van der Waals surface area (Å²) in [5.41, 5.74) is -0.467. The summed E-state index contributed by atoms with van der Waals surface area (Å²) < 4.78 is 5.53. The summed E-state index contributed by atoms with van der Waals surface area (Å²) in [7, 11) is 1.73. The van der Waals surface area contributed by atoms with E-state index in [0.717, 1.165) is 12.8 Å². The monoisotopic (exact) mass is 266 g/mol. The predicted octanol–water partition coefficient (Wildman–Crippen LogP) is 1.89. The van der Waals surface area contributed by atoms with E-state index in [1.807, 2.05) is 0 Å². The van der Waals surface area contributed by atoms with Crippen molar-refractivity contribution in [3.05, 3.63) is 0 Å². The molecule has 3 fully saturated rings. The van der Waals surface area contributed by atoms with Gasteiger partial charge in [0.1, 0.15) is 0 Å². The minimum atomic E-state index is -0.269. The quantitative estimate of drug-likeness (QED) is 0.845. The molecule has 1 amide bonds. The second-order valence-electron chi connectivity index (χ2n) is 7.11. The Morgan fingerprint density at radius 3 is 2.53 bits per heavy atom. The van der Waals surface area contributed by atoms with Gasteiger partial charge in [0.25, 0.3) is 0 Å². The summed E-state index contributed by atoms with van der Waals surface area (Å²) in [6.45, 7) is 4.81. The van der Waals surface area contributed by atoms with E-state index in [0.29, 0.717) is 18.4 Å². The van der Waals surface area contributed by atoms with Crippen LogP contribution in [0.3, 0.4) is 0 Å². The highest BCUT2D eigenvalue weighted by molar-refractivity contribution is 5.91. The number of rotatable bonds is 4. The highest BCUT2D eigenvalue weighted by Crippen LogP contribution is 2.45. The molecule has 0 aromatic carbocycles. The first-order chi connectivity index (χ1) is 8.97. The van der Waals surface area contributed by atoms with Crippen LogP contribution in [-0.4, -0.2) is 41.8 Å². The van der Waals surface area contributed by atoms with Gasteiger partial charge in [0, 0.05) is 7.11 Å². The van der Waals surface area contributed by atoms with Gasteiger partial charge < -0.3 is 9.64 Å². The van der Waals surface area contributed by atoms with E-state index >= 15 is 0 Å². The number of methoxy groups -OCH3 is 1. The third-order valence-corrected chi connectivity index (χ3v) is 5.13. The molecule has 1 aliphatic heterocycles. The lowest BCUT2D eigenvalue weighted by molar-refractivity contribution is -0.135. The van der Waals surface area contributed by atoms with Gasteiger partial charge in [-0.2, -0.15) is 0 Å². The molecule has 19 heavy (non-hydrogen) atoms. The number of carbonyl (C=O) groups excluding carboxylic acids is 1. The smallest absolute Gasteiger partial charge is 0.244 e. The lowest BCUT2D eigenvalue weighted by Crippen LogP contribution is -2.49. The number of hydrogen-bond donors (Lipinski definition) is 1. The fraction of sp³-hybridized carbons (Fsp3) is 0.933. The van der Waals surface area contributed by atoms with Crippen LogP contribution in [0.25, 0.3) is 0 Å². The molecule has 3 rings (SSSR count). The standard InChI is InChI=1S/C15H26N2O2/c1-14(2,19-3)10-17-12(11-6-4-5-7-11)16-15(8-9-15)13(17)18/h11-12,16H,4-10H2,1-3H3. The zero-order chi connectivity index (χ0) is 13.7. The average Bonchev–Trinajstić information content (AvgIpc) is 2.86. The van der Waals surface area contributed by atoms with E-state index in [2.05, 4.69) is 24.1 Å². The maximum Gasteiger partial charge on any atom is 0.244 e. The summed E-state index contributed by atoms with van der Waals surface area (Å²) in [4.78, 5) is 14.7. The van der Waals surface area contributed by atoms with Gasteiger partial charge in [-0.3, -0.25) is 10.1 Å². The van der Waals surface area contributed by atoms with Crippen molar-refractivity contribution >= 4 is 5.91 Å². The molecule has 1 spiro atoms. The van der Waals surface area contributed by atoms with Gasteiger partial charge in [-0.15, -0.1) is 0 Å². The second kappa shape index (κ2) is 4.45. The van der Waals surface area contributed by atoms with Crippen molar-refractivity contribution in [2.24, 2.45) is 5.92 Å². The van der Waals surface area contributed by atoms with E-state index in [-0.39, 0.29) is 17.3 Å². The van der Waals surface area contributed by atoms with Crippen LogP contribution in [0.5, 0.6) is 0 Å². The molecular weight excluding hydrogens is 240 g/mol. The normalized spacial score (nSPS) is 30.6. The van der Waals surface area contributed by atoms with Crippen molar-refractivity contribution in [2.75, 3.05) is 13.7 Å². The molecule has 0 radical (unpaired) electrons. The highest BCUT2D eigenvalue weighted by Gasteiger charge is 2.60. The lowest BCUT2D eigenvalue weighted by atomic mass is 10.0. The number of carbonyl (C=O) groups is 1. The largest absolute Gasteiger partial charge is 0.377 e. The van der Waals surface area contributed by atoms with Crippen LogP contribution in [0.15, 0.2) is 0 Å². The second-order valence-corrected chi connectivity index (χ2v) is 7.11. The first-order valence-electron chi connectivity index (χ1n) is 7.61. The molecule has 1 saturated heterocycles. The minimum Gasteiger partial charge on any atom is -0.377 e. The molecule has 4 heteroatoms. The van der Waals surface area contributed by atoms with E-state index in [1.54, 1.807) is 7.11 Å². The van der Waals surface area contributed by atoms with Crippen molar-refractivity contribution < 1.29 is 9.53 Å². The van der Waals surface area contributed by atoms with Crippen LogP contribution in [-0.2, 0) is 9.53 Å². The Labute approximate surface area is 115 Å². The Morgan fingerprint density at radius 2 is 2.00 bits per heavy atom. The zero-order valence-electron chi connectivity index (χ0n) is 12.4. The Balaban J connectivity index is 1.78. The summed E-state index contributed by atoms with van der Waals surface area (Å²) in [5.74, 6) is 0.950. The topological polar surface area (TPSA) is 41.6 Å². The SMILES string of the molecule is COC(C)(C)CN1C(=O)C2(CC2)NC1C1CCCC1. The first kappa shape index (κ1) is 13.4. The summed E-state index contributed by atoms with van der Waals surface area (Å²) >= 11 is 0. The van der Waals surface area contributed by atoms with Gasteiger partial charge in [0.05, 0.1) is 23.9 Å². The molecule has 3 aliphatic rings. The Bertz CT molecular complexity index is 370. The maximum absolute atomic E-state index is 12.7. The van der Waals surface area contributed by atoms with Crippen LogP contribution < -0.4 is 5.32 Å². The van der Waals surface area contributed by atoms with Gasteiger partial charge in [0.2, 0.25) is 5.91 Å². The lowest BCUT2D eigenvalue weighted by Gasteiger charge is -2.35. The fourth-order valence-electron chi connectivity index (χ4n) is 3.60. The van der Waals surface area contributed by atoms with Crippen molar-refractivity contribution in [1.29, 1.82) is 0 Å². The van der Waals surface area contributed by atoms with Crippen molar-refractivity contribution in [3.63, 3.8) is 0 Å². The average molecular weight is 266 g/mol. The zero-order valence-corrected chi connectivity index (χ0v) is 12.4. The maximum atomic E-state index is 12.7. The van der Waals surface area contributed by atoms with Gasteiger partial charge in [-0.1, -0.05) is 12.8 Å². The predicted molar refractivity (Wildman–Crippen MR) is 73.6 cm³/mol. The molecule has 1 N–H and O–H groups in total. The number of nitrogens with zero attached hydrogens (tertiary/aromatic N) is 1. The fourth-order valence-corrected chi connectivity index (χ4v) is 3.60. The number of ether oxygens (including phenoxy) is 1. The van der Waals surface area contributed by atoms with Crippen LogP contribution in [0.2, 0.25) is 0 Å². The molecule has 1 atom stereocenters. The van der Waals surface area contributed by atoms with Gasteiger partial charge in [-0.25, -0.2) is 0 Å². The highest BCUT2D eigenvalue weighted by atomic mass is 16.5. The summed E-state index contributed by atoms with van der Waals surface area (Å²) in [6, 6.07) is 0. The van der Waals surface area contributed by atoms with Crippen LogP contribution in [0.1, 0.15) is 52.4 Å². The molecule has 108 valence electrons. The first-order valence-corrected chi connectivity index (χ1v) is 7.61. The molecule has 0 bridgehead atoms. The Morgan fingerprint density at radius 1 is 1.37 bits per heavy atom. The number of hydrogen-bond acceptors (Lipinski definition) is 3. The molecular formula is C15H26N2O2. The van der Waals surface area contributed by atoms with E-state index in [1.165, 1.54) is 25.7 Å². The molecule has 2 saturated carbocycles. The van der Waals surface area contributed by atoms with Gasteiger partial charge in [0.15, 0.2) is 0 Å². The van der Waals surface area contributed by atoms with E-state index < -0.39 is 0 Å².